The Morgan fingerprint density at radius 3 is 2.64 bits per heavy atom. The lowest BCUT2D eigenvalue weighted by atomic mass is 10.2. The molecule has 0 spiro atoms. The van der Waals surface area contributed by atoms with Crippen LogP contribution in [0.5, 0.6) is 0 Å². The Morgan fingerprint density at radius 1 is 1.18 bits per heavy atom. The van der Waals surface area contributed by atoms with Crippen molar-refractivity contribution in [3.63, 3.8) is 0 Å². The summed E-state index contributed by atoms with van der Waals surface area (Å²) in [6, 6.07) is 14.1. The minimum absolute atomic E-state index is 0.0538. The molecular formula is C17H14BrN7O2S. The smallest absolute Gasteiger partial charge is 0.269 e. The standard InChI is InChI=1S/C17H14BrN7O2S/c18-14-3-1-2-4-15(14)24-17(28)13(9-19-24)16-20-21-22-23(16)10-11-5-7-12(8-6-11)25(26)27/h1-9,19,21-22H,10H2. The summed E-state index contributed by atoms with van der Waals surface area (Å²) < 4.78 is 3.27. The fourth-order valence-corrected chi connectivity index (χ4v) is 3.58. The van der Waals surface area contributed by atoms with E-state index in [1.54, 1.807) is 28.0 Å². The number of aromatic amines is 1. The number of H-pyrrole nitrogens is 1. The average Bonchev–Trinajstić information content (AvgIpc) is 3.29. The van der Waals surface area contributed by atoms with E-state index in [1.807, 2.05) is 24.3 Å². The Kier molecular flexibility index (Phi) is 4.94. The van der Waals surface area contributed by atoms with Crippen LogP contribution >= 0.6 is 28.1 Å². The van der Waals surface area contributed by atoms with Gasteiger partial charge >= 0.3 is 0 Å². The highest BCUT2D eigenvalue weighted by Gasteiger charge is 2.23. The lowest BCUT2D eigenvalue weighted by molar-refractivity contribution is -0.384. The fraction of sp³-hybridized carbons (Fsp3) is 0.0588. The van der Waals surface area contributed by atoms with Gasteiger partial charge in [0.25, 0.3) is 5.69 Å². The van der Waals surface area contributed by atoms with Gasteiger partial charge in [0.2, 0.25) is 0 Å². The Labute approximate surface area is 172 Å². The Bertz CT molecular complexity index is 1120. The molecule has 0 unspecified atom stereocenters. The topological polar surface area (TPSA) is 104 Å². The first-order chi connectivity index (χ1) is 13.5. The number of nitrogens with one attached hydrogen (secondary N) is 3. The number of hydrazone groups is 1. The molecule has 28 heavy (non-hydrogen) atoms. The molecule has 0 radical (unpaired) electrons. The molecule has 0 amide bonds. The maximum atomic E-state index is 10.8. The van der Waals surface area contributed by atoms with Crippen LogP contribution in [0.25, 0.3) is 5.69 Å². The fourth-order valence-electron chi connectivity index (χ4n) is 2.82. The number of non-ortho nitro benzene ring substituents is 1. The van der Waals surface area contributed by atoms with Gasteiger partial charge in [-0.15, -0.1) is 10.6 Å². The Hall–Kier alpha value is -3.02. The van der Waals surface area contributed by atoms with Crippen LogP contribution in [-0.4, -0.2) is 25.5 Å². The number of nitro groups is 1. The van der Waals surface area contributed by atoms with Gasteiger partial charge in [0, 0.05) is 22.8 Å². The first-order valence-electron chi connectivity index (χ1n) is 8.19. The van der Waals surface area contributed by atoms with Gasteiger partial charge in [-0.1, -0.05) is 36.5 Å². The van der Waals surface area contributed by atoms with E-state index in [9.17, 15) is 10.1 Å². The molecule has 3 aromatic rings. The Balaban J connectivity index is 1.60. The number of aromatic nitrogens is 2. The quantitative estimate of drug-likeness (QED) is 0.307. The van der Waals surface area contributed by atoms with E-state index in [2.05, 4.69) is 37.2 Å². The molecule has 2 heterocycles. The van der Waals surface area contributed by atoms with Gasteiger partial charge in [-0.3, -0.25) is 20.2 Å². The number of nitrogens with zero attached hydrogens (tertiary/aromatic N) is 4. The molecule has 0 aliphatic carbocycles. The van der Waals surface area contributed by atoms with Crippen molar-refractivity contribution >= 4 is 39.7 Å². The number of hydrazine groups is 2. The highest BCUT2D eigenvalue weighted by molar-refractivity contribution is 9.10. The molecule has 142 valence electrons. The first kappa shape index (κ1) is 18.3. The molecule has 0 atom stereocenters. The second kappa shape index (κ2) is 7.54. The van der Waals surface area contributed by atoms with Gasteiger partial charge in [-0.25, -0.2) is 10.2 Å². The molecule has 3 N–H and O–H groups in total. The zero-order valence-corrected chi connectivity index (χ0v) is 16.7. The molecule has 0 saturated carbocycles. The summed E-state index contributed by atoms with van der Waals surface area (Å²) in [7, 11) is 0. The number of para-hydroxylation sites is 1. The van der Waals surface area contributed by atoms with E-state index in [4.69, 9.17) is 12.2 Å². The second-order valence-corrected chi connectivity index (χ2v) is 7.19. The van der Waals surface area contributed by atoms with Crippen LogP contribution in [0, 0.1) is 14.8 Å². The number of hydrogen-bond acceptors (Lipinski definition) is 7. The van der Waals surface area contributed by atoms with Crippen molar-refractivity contribution in [3.05, 3.63) is 85.1 Å². The van der Waals surface area contributed by atoms with Gasteiger partial charge in [-0.05, 0) is 33.6 Å². The summed E-state index contributed by atoms with van der Waals surface area (Å²) >= 11 is 9.17. The van der Waals surface area contributed by atoms with Crippen LogP contribution in [0.4, 0.5) is 5.69 Å². The molecular weight excluding hydrogens is 446 g/mol. The Morgan fingerprint density at radius 2 is 1.93 bits per heavy atom. The van der Waals surface area contributed by atoms with Crippen molar-refractivity contribution in [2.75, 3.05) is 0 Å². The number of rotatable bonds is 5. The van der Waals surface area contributed by atoms with E-state index < -0.39 is 4.92 Å². The van der Waals surface area contributed by atoms with E-state index in [-0.39, 0.29) is 5.69 Å². The van der Waals surface area contributed by atoms with Crippen molar-refractivity contribution in [1.29, 1.82) is 0 Å². The third-order valence-electron chi connectivity index (χ3n) is 4.20. The third kappa shape index (κ3) is 3.42. The molecule has 0 saturated heterocycles. The van der Waals surface area contributed by atoms with Crippen LogP contribution in [0.2, 0.25) is 0 Å². The molecule has 4 rings (SSSR count). The highest BCUT2D eigenvalue weighted by Crippen LogP contribution is 2.22. The maximum absolute atomic E-state index is 10.8. The lowest BCUT2D eigenvalue weighted by Crippen LogP contribution is -2.40. The van der Waals surface area contributed by atoms with Gasteiger partial charge in [0.1, 0.15) is 4.64 Å². The van der Waals surface area contributed by atoms with Crippen molar-refractivity contribution in [3.8, 4) is 5.69 Å². The highest BCUT2D eigenvalue weighted by atomic mass is 79.9. The van der Waals surface area contributed by atoms with Crippen LogP contribution in [0.3, 0.4) is 0 Å². The van der Waals surface area contributed by atoms with Gasteiger partial charge in [0.05, 0.1) is 22.7 Å². The zero-order chi connectivity index (χ0) is 19.7. The molecule has 9 nitrogen and oxygen atoms in total. The van der Waals surface area contributed by atoms with Gasteiger partial charge < -0.3 is 0 Å². The molecule has 1 aliphatic heterocycles. The van der Waals surface area contributed by atoms with Crippen molar-refractivity contribution < 1.29 is 4.92 Å². The SMILES string of the molecule is O=[N+]([O-])c1ccc(CN2NNN=C2c2c[nH]n(-c3ccccc3Br)c2=S)cc1. The third-order valence-corrected chi connectivity index (χ3v) is 5.27. The maximum Gasteiger partial charge on any atom is 0.269 e. The molecule has 0 bridgehead atoms. The number of halogens is 1. The average molecular weight is 460 g/mol. The van der Waals surface area contributed by atoms with Gasteiger partial charge in [0.15, 0.2) is 5.84 Å². The van der Waals surface area contributed by atoms with Crippen LogP contribution in [0.1, 0.15) is 11.1 Å². The summed E-state index contributed by atoms with van der Waals surface area (Å²) in [5, 5.41) is 20.0. The van der Waals surface area contributed by atoms with Gasteiger partial charge in [-0.2, -0.15) is 0 Å². The number of nitro benzene ring substituents is 1. The van der Waals surface area contributed by atoms with E-state index in [1.165, 1.54) is 12.1 Å². The summed E-state index contributed by atoms with van der Waals surface area (Å²) in [6.07, 6.45) is 1.79. The summed E-state index contributed by atoms with van der Waals surface area (Å²) in [4.78, 5) is 10.4. The van der Waals surface area contributed by atoms with Crippen molar-refractivity contribution in [2.24, 2.45) is 5.10 Å². The summed E-state index contributed by atoms with van der Waals surface area (Å²) in [5.74, 6) is 0.616. The number of amidine groups is 1. The molecule has 0 fully saturated rings. The minimum Gasteiger partial charge on any atom is -0.299 e. The molecule has 1 aromatic heterocycles. The van der Waals surface area contributed by atoms with E-state index in [0.29, 0.717) is 17.0 Å². The predicted octanol–water partition coefficient (Wildman–Crippen LogP) is 3.39. The lowest BCUT2D eigenvalue weighted by Gasteiger charge is -2.18. The minimum atomic E-state index is -0.421. The molecule has 1 aliphatic rings. The molecule has 2 aromatic carbocycles. The van der Waals surface area contributed by atoms with E-state index >= 15 is 0 Å². The van der Waals surface area contributed by atoms with E-state index in [0.717, 1.165) is 21.3 Å². The number of benzene rings is 2. The zero-order valence-electron chi connectivity index (χ0n) is 14.3. The van der Waals surface area contributed by atoms with Crippen LogP contribution in [-0.2, 0) is 6.54 Å². The molecule has 11 heteroatoms. The predicted molar refractivity (Wildman–Crippen MR) is 110 cm³/mol. The van der Waals surface area contributed by atoms with Crippen molar-refractivity contribution in [2.45, 2.75) is 6.54 Å². The summed E-state index contributed by atoms with van der Waals surface area (Å²) in [6.45, 7) is 0.443. The monoisotopic (exact) mass is 459 g/mol. The second-order valence-electron chi connectivity index (χ2n) is 5.95. The summed E-state index contributed by atoms with van der Waals surface area (Å²) in [5.41, 5.74) is 8.25. The van der Waals surface area contributed by atoms with Crippen LogP contribution in [0.15, 0.2) is 64.3 Å². The van der Waals surface area contributed by atoms with Crippen molar-refractivity contribution in [1.82, 2.24) is 25.9 Å². The number of hydrogen-bond donors (Lipinski definition) is 3. The largest absolute Gasteiger partial charge is 0.299 e. The van der Waals surface area contributed by atoms with Crippen LogP contribution < -0.4 is 11.1 Å². The normalized spacial score (nSPS) is 13.3. The first-order valence-corrected chi connectivity index (χ1v) is 9.39.